The first-order chi connectivity index (χ1) is 5.61. The van der Waals surface area contributed by atoms with E-state index in [1.165, 1.54) is 0 Å². The van der Waals surface area contributed by atoms with Gasteiger partial charge in [-0.05, 0) is 12.5 Å². The summed E-state index contributed by atoms with van der Waals surface area (Å²) in [6.45, 7) is 11.1. The van der Waals surface area contributed by atoms with Gasteiger partial charge in [-0.3, -0.25) is 4.79 Å². The van der Waals surface area contributed by atoms with Crippen LogP contribution in [0.3, 0.4) is 0 Å². The molecule has 0 aromatic rings. The van der Waals surface area contributed by atoms with E-state index in [4.69, 9.17) is 0 Å². The highest BCUT2D eigenvalue weighted by atomic mass is 16.1. The van der Waals surface area contributed by atoms with E-state index >= 15 is 0 Å². The molecule has 0 aliphatic rings. The van der Waals surface area contributed by atoms with Crippen molar-refractivity contribution in [2.75, 3.05) is 0 Å². The lowest BCUT2D eigenvalue weighted by Crippen LogP contribution is -1.97. The van der Waals surface area contributed by atoms with Crippen LogP contribution in [0, 0.1) is 0 Å². The zero-order valence-electron chi connectivity index (χ0n) is 7.89. The van der Waals surface area contributed by atoms with Crippen LogP contribution in [0.25, 0.3) is 0 Å². The zero-order valence-corrected chi connectivity index (χ0v) is 7.89. The third-order valence-electron chi connectivity index (χ3n) is 1.65. The van der Waals surface area contributed by atoms with Crippen molar-refractivity contribution < 1.29 is 4.79 Å². The topological polar surface area (TPSA) is 17.1 Å². The molecule has 0 fully saturated rings. The fourth-order valence-corrected chi connectivity index (χ4v) is 0.832. The number of carbonyl (C=O) groups is 1. The molecule has 0 spiro atoms. The Bertz CT molecular complexity index is 221. The fraction of sp³-hybridized carbons (Fsp3) is 0.364. The van der Waals surface area contributed by atoms with Gasteiger partial charge in [-0.25, -0.2) is 0 Å². The van der Waals surface area contributed by atoms with Crippen molar-refractivity contribution in [1.29, 1.82) is 0 Å². The predicted octanol–water partition coefficient (Wildman–Crippen LogP) is 3.04. The first-order valence-corrected chi connectivity index (χ1v) is 4.11. The molecule has 0 atom stereocenters. The van der Waals surface area contributed by atoms with Gasteiger partial charge >= 0.3 is 0 Å². The summed E-state index contributed by atoms with van der Waals surface area (Å²) in [6, 6.07) is 0. The Morgan fingerprint density at radius 3 is 2.42 bits per heavy atom. The summed E-state index contributed by atoms with van der Waals surface area (Å²) >= 11 is 0. The van der Waals surface area contributed by atoms with Gasteiger partial charge in [-0.1, -0.05) is 37.8 Å². The Morgan fingerprint density at radius 1 is 1.50 bits per heavy atom. The molecule has 0 heterocycles. The van der Waals surface area contributed by atoms with Crippen LogP contribution in [0.4, 0.5) is 0 Å². The summed E-state index contributed by atoms with van der Waals surface area (Å²) in [4.78, 5) is 11.1. The summed E-state index contributed by atoms with van der Waals surface area (Å²) in [5.74, 6) is 0.242. The SMILES string of the molecule is C=C/C=C(/CC(=O)CC)C(=C)C. The molecule has 0 aromatic heterocycles. The highest BCUT2D eigenvalue weighted by Gasteiger charge is 2.03. The Hall–Kier alpha value is -1.11. The van der Waals surface area contributed by atoms with E-state index in [1.807, 2.05) is 19.9 Å². The average Bonchev–Trinajstić information content (AvgIpc) is 2.03. The van der Waals surface area contributed by atoms with Crippen molar-refractivity contribution in [3.05, 3.63) is 36.5 Å². The zero-order chi connectivity index (χ0) is 9.56. The average molecular weight is 164 g/mol. The second kappa shape index (κ2) is 5.53. The van der Waals surface area contributed by atoms with Crippen LogP contribution in [0.5, 0.6) is 0 Å². The molecule has 12 heavy (non-hydrogen) atoms. The number of allylic oxidation sites excluding steroid dienone is 4. The molecule has 66 valence electrons. The monoisotopic (exact) mass is 164 g/mol. The molecule has 0 aliphatic carbocycles. The molecule has 0 saturated heterocycles. The Balaban J connectivity index is 4.34. The number of ketones is 1. The van der Waals surface area contributed by atoms with E-state index in [1.54, 1.807) is 6.08 Å². The van der Waals surface area contributed by atoms with Crippen molar-refractivity contribution in [3.63, 3.8) is 0 Å². The first-order valence-electron chi connectivity index (χ1n) is 4.11. The summed E-state index contributed by atoms with van der Waals surface area (Å²) < 4.78 is 0. The number of carbonyl (C=O) groups excluding carboxylic acids is 1. The molecule has 1 nitrogen and oxygen atoms in total. The van der Waals surface area contributed by atoms with Crippen LogP contribution in [-0.4, -0.2) is 5.78 Å². The minimum Gasteiger partial charge on any atom is -0.299 e. The van der Waals surface area contributed by atoms with Gasteiger partial charge in [0.1, 0.15) is 5.78 Å². The van der Waals surface area contributed by atoms with E-state index in [0.29, 0.717) is 12.8 Å². The highest BCUT2D eigenvalue weighted by Crippen LogP contribution is 2.12. The van der Waals surface area contributed by atoms with Gasteiger partial charge in [0.2, 0.25) is 0 Å². The number of hydrogen-bond donors (Lipinski definition) is 0. The molecule has 0 N–H and O–H groups in total. The van der Waals surface area contributed by atoms with E-state index < -0.39 is 0 Å². The van der Waals surface area contributed by atoms with E-state index in [0.717, 1.165) is 11.1 Å². The maximum Gasteiger partial charge on any atom is 0.137 e. The second-order valence-corrected chi connectivity index (χ2v) is 2.78. The van der Waals surface area contributed by atoms with Gasteiger partial charge < -0.3 is 0 Å². The van der Waals surface area contributed by atoms with Crippen LogP contribution in [0.2, 0.25) is 0 Å². The number of hydrogen-bond acceptors (Lipinski definition) is 1. The standard InChI is InChI=1S/C11H16O/c1-5-7-10(9(3)4)8-11(12)6-2/h5,7H,1,3,6,8H2,2,4H3/b10-7-. The maximum atomic E-state index is 11.1. The lowest BCUT2D eigenvalue weighted by atomic mass is 10.0. The molecular weight excluding hydrogens is 148 g/mol. The molecule has 0 unspecified atom stereocenters. The highest BCUT2D eigenvalue weighted by molar-refractivity contribution is 5.81. The molecule has 0 saturated carbocycles. The van der Waals surface area contributed by atoms with Crippen LogP contribution in [0.1, 0.15) is 26.7 Å². The second-order valence-electron chi connectivity index (χ2n) is 2.78. The minimum atomic E-state index is 0.242. The van der Waals surface area contributed by atoms with Crippen molar-refractivity contribution in [2.24, 2.45) is 0 Å². The largest absolute Gasteiger partial charge is 0.299 e. The number of Topliss-reactive ketones (excluding diaryl/α,β-unsaturated/α-hetero) is 1. The van der Waals surface area contributed by atoms with Gasteiger partial charge in [-0.15, -0.1) is 0 Å². The van der Waals surface area contributed by atoms with Crippen LogP contribution >= 0.6 is 0 Å². The third-order valence-corrected chi connectivity index (χ3v) is 1.65. The maximum absolute atomic E-state index is 11.1. The van der Waals surface area contributed by atoms with Crippen LogP contribution < -0.4 is 0 Å². The summed E-state index contributed by atoms with van der Waals surface area (Å²) in [5, 5.41) is 0. The van der Waals surface area contributed by atoms with Crippen molar-refractivity contribution >= 4 is 5.78 Å². The van der Waals surface area contributed by atoms with Crippen LogP contribution in [-0.2, 0) is 4.79 Å². The van der Waals surface area contributed by atoms with E-state index in [2.05, 4.69) is 13.2 Å². The Labute approximate surface area is 74.5 Å². The van der Waals surface area contributed by atoms with Crippen molar-refractivity contribution in [3.8, 4) is 0 Å². The Kier molecular flexibility index (Phi) is 5.02. The lowest BCUT2D eigenvalue weighted by molar-refractivity contribution is -0.118. The van der Waals surface area contributed by atoms with Crippen LogP contribution in [0.15, 0.2) is 36.5 Å². The molecule has 1 heteroatoms. The van der Waals surface area contributed by atoms with E-state index in [-0.39, 0.29) is 5.78 Å². The molecule has 0 aromatic carbocycles. The quantitative estimate of drug-likeness (QED) is 0.571. The van der Waals surface area contributed by atoms with Gasteiger partial charge in [0.25, 0.3) is 0 Å². The summed E-state index contributed by atoms with van der Waals surface area (Å²) in [7, 11) is 0. The van der Waals surface area contributed by atoms with Gasteiger partial charge in [0.15, 0.2) is 0 Å². The third kappa shape index (κ3) is 3.91. The smallest absolute Gasteiger partial charge is 0.137 e. The van der Waals surface area contributed by atoms with Gasteiger partial charge in [0, 0.05) is 12.8 Å². The molecule has 0 bridgehead atoms. The summed E-state index contributed by atoms with van der Waals surface area (Å²) in [5.41, 5.74) is 1.92. The number of rotatable bonds is 5. The molecular formula is C11H16O. The molecule has 0 aliphatic heterocycles. The van der Waals surface area contributed by atoms with Gasteiger partial charge in [-0.2, -0.15) is 0 Å². The first kappa shape index (κ1) is 10.9. The molecule has 0 amide bonds. The van der Waals surface area contributed by atoms with Gasteiger partial charge in [0.05, 0.1) is 0 Å². The van der Waals surface area contributed by atoms with Crippen molar-refractivity contribution in [1.82, 2.24) is 0 Å². The normalized spacial score (nSPS) is 11.0. The van der Waals surface area contributed by atoms with Crippen molar-refractivity contribution in [2.45, 2.75) is 26.7 Å². The molecule has 0 radical (unpaired) electrons. The predicted molar refractivity (Wildman–Crippen MR) is 53.0 cm³/mol. The van der Waals surface area contributed by atoms with E-state index in [9.17, 15) is 4.79 Å². The fourth-order valence-electron chi connectivity index (χ4n) is 0.832. The summed E-state index contributed by atoms with van der Waals surface area (Å²) in [6.07, 6.45) is 4.60. The lowest BCUT2D eigenvalue weighted by Gasteiger charge is -2.03. The molecule has 0 rings (SSSR count). The Morgan fingerprint density at radius 2 is 2.08 bits per heavy atom. The minimum absolute atomic E-state index is 0.242.